The molecule has 1 fully saturated rings. The van der Waals surface area contributed by atoms with Gasteiger partial charge in [0.05, 0.1) is 31.1 Å². The number of hydrogen-bond acceptors (Lipinski definition) is 9. The van der Waals surface area contributed by atoms with Gasteiger partial charge in [-0.1, -0.05) is 45.5 Å². The number of nitro groups is 1. The van der Waals surface area contributed by atoms with Gasteiger partial charge in [0.25, 0.3) is 5.91 Å². The molecule has 5 rings (SSSR count). The van der Waals surface area contributed by atoms with Crippen molar-refractivity contribution in [2.75, 3.05) is 18.1 Å². The summed E-state index contributed by atoms with van der Waals surface area (Å²) in [7, 11) is -3.67. The number of amides is 1. The summed E-state index contributed by atoms with van der Waals surface area (Å²) in [6.07, 6.45) is 3.18. The number of benzene rings is 2. The van der Waals surface area contributed by atoms with Crippen LogP contribution in [0.15, 0.2) is 69.1 Å². The van der Waals surface area contributed by atoms with E-state index in [4.69, 9.17) is 0 Å². The molecular weight excluding hydrogens is 626 g/mol. The first-order valence-electron chi connectivity index (χ1n) is 11.9. The highest BCUT2D eigenvalue weighted by molar-refractivity contribution is 9.10. The molecule has 0 N–H and O–H groups in total. The van der Waals surface area contributed by atoms with Gasteiger partial charge in [0, 0.05) is 29.2 Å². The molecule has 0 aliphatic carbocycles. The highest BCUT2D eigenvalue weighted by atomic mass is 79.9. The summed E-state index contributed by atoms with van der Waals surface area (Å²) in [6, 6.07) is 14.2. The van der Waals surface area contributed by atoms with Gasteiger partial charge in [0.15, 0.2) is 0 Å². The van der Waals surface area contributed by atoms with Crippen LogP contribution in [0.2, 0.25) is 0 Å². The second-order valence-electron chi connectivity index (χ2n) is 9.04. The van der Waals surface area contributed by atoms with Gasteiger partial charge >= 0.3 is 5.00 Å². The molecular formula is C25H22BrN5O5S3. The van der Waals surface area contributed by atoms with Gasteiger partial charge in [-0.15, -0.1) is 0 Å². The average molecular weight is 649 g/mol. The number of sulfonamides is 1. The second kappa shape index (κ2) is 11.2. The molecule has 202 valence electrons. The van der Waals surface area contributed by atoms with Crippen LogP contribution in [0.4, 0.5) is 10.1 Å². The summed E-state index contributed by atoms with van der Waals surface area (Å²) in [5.41, 5.74) is 0.894. The number of carbonyl (C=O) groups is 1. The molecule has 0 bridgehead atoms. The Morgan fingerprint density at radius 3 is 2.67 bits per heavy atom. The first-order chi connectivity index (χ1) is 18.6. The number of thiophene rings is 1. The molecule has 3 heterocycles. The number of fused-ring (bicyclic) bond motifs is 1. The standard InChI is InChI=1S/C25H22BrN5O5S3/c1-16-3-2-12-29(15-16)39(35,36)20-8-4-17(5-9-20)24(32)30(27-14-19-7-11-23(37-19)31(33)34)25-28-21-10-6-18(26)13-22(21)38-25/h4-11,13-14,16H,2-3,12,15H2,1H3/b27-14+. The topological polar surface area (TPSA) is 126 Å². The first-order valence-corrected chi connectivity index (χ1v) is 15.8. The third-order valence-corrected chi connectivity index (χ3v) is 10.5. The highest BCUT2D eigenvalue weighted by Crippen LogP contribution is 2.32. The van der Waals surface area contributed by atoms with Crippen molar-refractivity contribution in [2.24, 2.45) is 11.0 Å². The minimum absolute atomic E-state index is 0.0425. The van der Waals surface area contributed by atoms with Gasteiger partial charge in [-0.2, -0.15) is 14.4 Å². The highest BCUT2D eigenvalue weighted by Gasteiger charge is 2.29. The summed E-state index contributed by atoms with van der Waals surface area (Å²) in [6.45, 7) is 2.98. The van der Waals surface area contributed by atoms with Crippen molar-refractivity contribution >= 4 is 81.1 Å². The van der Waals surface area contributed by atoms with Crippen molar-refractivity contribution < 1.29 is 18.1 Å². The lowest BCUT2D eigenvalue weighted by molar-refractivity contribution is -0.380. The Morgan fingerprint density at radius 2 is 1.97 bits per heavy atom. The van der Waals surface area contributed by atoms with E-state index < -0.39 is 20.9 Å². The summed E-state index contributed by atoms with van der Waals surface area (Å²) in [4.78, 5) is 29.4. The maximum Gasteiger partial charge on any atom is 0.324 e. The fraction of sp³-hybridized carbons (Fsp3) is 0.240. The fourth-order valence-corrected chi connectivity index (χ4v) is 7.96. The Hall–Kier alpha value is -3.04. The van der Waals surface area contributed by atoms with E-state index >= 15 is 0 Å². The molecule has 1 saturated heterocycles. The summed E-state index contributed by atoms with van der Waals surface area (Å²) >= 11 is 5.62. The number of hydrazone groups is 1. The molecule has 1 atom stereocenters. The molecule has 1 amide bonds. The van der Waals surface area contributed by atoms with Crippen LogP contribution in [0, 0.1) is 16.0 Å². The van der Waals surface area contributed by atoms with Crippen LogP contribution in [0.3, 0.4) is 0 Å². The molecule has 0 spiro atoms. The molecule has 10 nitrogen and oxygen atoms in total. The number of aromatic nitrogens is 1. The minimum atomic E-state index is -3.67. The first kappa shape index (κ1) is 27.5. The van der Waals surface area contributed by atoms with Crippen LogP contribution in [-0.4, -0.2) is 47.8 Å². The molecule has 0 saturated carbocycles. The van der Waals surface area contributed by atoms with Gasteiger partial charge in [0.1, 0.15) is 0 Å². The SMILES string of the molecule is CC1CCCN(S(=O)(=O)c2ccc(C(=O)N(/N=C/c3ccc([N+](=O)[O-])s3)c3nc4ccc(Br)cc4s3)cc2)C1. The van der Waals surface area contributed by atoms with Gasteiger partial charge in [0.2, 0.25) is 15.2 Å². The van der Waals surface area contributed by atoms with Gasteiger partial charge < -0.3 is 0 Å². The van der Waals surface area contributed by atoms with E-state index in [1.807, 2.05) is 25.1 Å². The summed E-state index contributed by atoms with van der Waals surface area (Å²) in [5.74, 6) is -0.231. The van der Waals surface area contributed by atoms with Crippen LogP contribution in [0.5, 0.6) is 0 Å². The Bertz CT molecular complexity index is 1680. The Morgan fingerprint density at radius 1 is 1.21 bits per heavy atom. The van der Waals surface area contributed by atoms with Gasteiger partial charge in [-0.3, -0.25) is 14.9 Å². The lowest BCUT2D eigenvalue weighted by Crippen LogP contribution is -2.39. The van der Waals surface area contributed by atoms with Crippen molar-refractivity contribution in [3.8, 4) is 0 Å². The smallest absolute Gasteiger partial charge is 0.267 e. The number of nitrogens with zero attached hydrogens (tertiary/aromatic N) is 5. The lowest BCUT2D eigenvalue weighted by atomic mass is 10.0. The maximum atomic E-state index is 13.6. The minimum Gasteiger partial charge on any atom is -0.267 e. The van der Waals surface area contributed by atoms with E-state index in [0.29, 0.717) is 34.5 Å². The van der Waals surface area contributed by atoms with Crippen molar-refractivity contribution in [3.05, 3.63) is 79.6 Å². The average Bonchev–Trinajstić information content (AvgIpc) is 3.56. The number of halogens is 1. The number of piperidine rings is 1. The van der Waals surface area contributed by atoms with E-state index in [1.54, 1.807) is 6.07 Å². The number of hydrogen-bond donors (Lipinski definition) is 0. The molecule has 0 radical (unpaired) electrons. The molecule has 2 aromatic carbocycles. The van der Waals surface area contributed by atoms with Crippen molar-refractivity contribution in [3.63, 3.8) is 0 Å². The van der Waals surface area contributed by atoms with Gasteiger partial charge in [-0.05, 0) is 67.3 Å². The Kier molecular flexibility index (Phi) is 7.91. The molecule has 1 aliphatic heterocycles. The predicted octanol–water partition coefficient (Wildman–Crippen LogP) is 6.13. The number of carbonyl (C=O) groups excluding carboxylic acids is 1. The summed E-state index contributed by atoms with van der Waals surface area (Å²) in [5, 5.41) is 16.8. The zero-order chi connectivity index (χ0) is 27.7. The fourth-order valence-electron chi connectivity index (χ4n) is 4.20. The number of thiazole rings is 1. The molecule has 1 aliphatic rings. The third kappa shape index (κ3) is 5.94. The van der Waals surface area contributed by atoms with E-state index in [-0.39, 0.29) is 15.5 Å². The Labute approximate surface area is 240 Å². The van der Waals surface area contributed by atoms with E-state index in [2.05, 4.69) is 26.0 Å². The van der Waals surface area contributed by atoms with Crippen molar-refractivity contribution in [2.45, 2.75) is 24.7 Å². The largest absolute Gasteiger partial charge is 0.324 e. The zero-order valence-corrected chi connectivity index (χ0v) is 24.6. The monoisotopic (exact) mass is 647 g/mol. The summed E-state index contributed by atoms with van der Waals surface area (Å²) < 4.78 is 29.5. The van der Waals surface area contributed by atoms with E-state index in [0.717, 1.165) is 38.4 Å². The number of rotatable bonds is 7. The van der Waals surface area contributed by atoms with Crippen molar-refractivity contribution in [1.82, 2.24) is 9.29 Å². The van der Waals surface area contributed by atoms with Crippen LogP contribution in [-0.2, 0) is 10.0 Å². The quantitative estimate of drug-likeness (QED) is 0.135. The maximum absolute atomic E-state index is 13.6. The molecule has 39 heavy (non-hydrogen) atoms. The van der Waals surface area contributed by atoms with Crippen molar-refractivity contribution in [1.29, 1.82) is 0 Å². The van der Waals surface area contributed by atoms with Crippen LogP contribution >= 0.6 is 38.6 Å². The second-order valence-corrected chi connectivity index (χ2v) is 14.0. The zero-order valence-electron chi connectivity index (χ0n) is 20.6. The molecule has 1 unspecified atom stereocenters. The third-order valence-electron chi connectivity index (χ3n) is 6.16. The van der Waals surface area contributed by atoms with Gasteiger partial charge in [-0.25, -0.2) is 13.4 Å². The normalized spacial score (nSPS) is 16.6. The number of anilines is 1. The van der Waals surface area contributed by atoms with E-state index in [9.17, 15) is 23.3 Å². The van der Waals surface area contributed by atoms with E-state index in [1.165, 1.54) is 52.2 Å². The van der Waals surface area contributed by atoms with Crippen LogP contribution in [0.1, 0.15) is 35.0 Å². The lowest BCUT2D eigenvalue weighted by Gasteiger charge is -2.30. The van der Waals surface area contributed by atoms with Crippen LogP contribution in [0.25, 0.3) is 10.2 Å². The predicted molar refractivity (Wildman–Crippen MR) is 156 cm³/mol. The molecule has 2 aromatic heterocycles. The van der Waals surface area contributed by atoms with Crippen LogP contribution < -0.4 is 5.01 Å². The Balaban J connectivity index is 1.47. The molecule has 14 heteroatoms. The molecule has 4 aromatic rings.